The molecule has 2 aromatic rings. The van der Waals surface area contributed by atoms with Gasteiger partial charge in [0.1, 0.15) is 12.1 Å². The Morgan fingerprint density at radius 1 is 1.15 bits per heavy atom. The van der Waals surface area contributed by atoms with Crippen LogP contribution in [0.3, 0.4) is 0 Å². The van der Waals surface area contributed by atoms with Gasteiger partial charge in [0.15, 0.2) is 0 Å². The van der Waals surface area contributed by atoms with E-state index in [4.69, 9.17) is 0 Å². The van der Waals surface area contributed by atoms with Crippen LogP contribution in [0.2, 0.25) is 0 Å². The standard InChI is InChI=1S/C18H17N3O5/c1-12-8-9-14(15(22)10-11-16(23)26-2)21-18(25)19(17(24)20(12)21)13-6-4-3-5-7-13/h3-9,12,14-15,22H,1-2H3/t12-,14-,15?/m0/s1. The molecule has 1 N–H and O–H groups in total. The van der Waals surface area contributed by atoms with Crippen LogP contribution in [0.1, 0.15) is 19.0 Å². The molecule has 0 saturated carbocycles. The second-order valence-electron chi connectivity index (χ2n) is 5.75. The number of methoxy groups -OCH3 is 1. The maximum absolute atomic E-state index is 12.9. The molecule has 2 heterocycles. The lowest BCUT2D eigenvalue weighted by Gasteiger charge is -2.25. The topological polar surface area (TPSA) is 95.5 Å². The Kier molecular flexibility index (Phi) is 4.65. The van der Waals surface area contributed by atoms with E-state index in [1.807, 2.05) is 0 Å². The number of fused-ring (bicyclic) bond motifs is 1. The summed E-state index contributed by atoms with van der Waals surface area (Å²) in [5.41, 5.74) is -0.685. The Morgan fingerprint density at radius 3 is 2.46 bits per heavy atom. The van der Waals surface area contributed by atoms with Crippen LogP contribution in [0.4, 0.5) is 0 Å². The van der Waals surface area contributed by atoms with Gasteiger partial charge in [0.2, 0.25) is 0 Å². The summed E-state index contributed by atoms with van der Waals surface area (Å²) < 4.78 is 7.88. The molecule has 26 heavy (non-hydrogen) atoms. The van der Waals surface area contributed by atoms with Crippen molar-refractivity contribution in [2.75, 3.05) is 7.11 Å². The number of aromatic nitrogens is 3. The lowest BCUT2D eigenvalue weighted by molar-refractivity contribution is -0.133. The summed E-state index contributed by atoms with van der Waals surface area (Å²) in [6, 6.07) is 7.23. The summed E-state index contributed by atoms with van der Waals surface area (Å²) in [5, 5.41) is 10.3. The number of aliphatic hydroxyl groups excluding tert-OH is 1. The van der Waals surface area contributed by atoms with Crippen LogP contribution < -0.4 is 11.4 Å². The number of nitrogens with zero attached hydrogens (tertiary/aromatic N) is 3. The SMILES string of the molecule is COC(=O)C#CC(O)[C@@H]1C=C[C@H](C)n2c(=O)n(-c3ccccc3)c(=O)n21. The smallest absolute Gasteiger partial charge is 0.384 e. The van der Waals surface area contributed by atoms with Gasteiger partial charge in [-0.25, -0.2) is 28.3 Å². The minimum atomic E-state index is -1.37. The Morgan fingerprint density at radius 2 is 1.81 bits per heavy atom. The van der Waals surface area contributed by atoms with Gasteiger partial charge < -0.3 is 9.84 Å². The summed E-state index contributed by atoms with van der Waals surface area (Å²) >= 11 is 0. The average molecular weight is 355 g/mol. The lowest BCUT2D eigenvalue weighted by atomic mass is 10.1. The number of esters is 1. The molecular formula is C18H17N3O5. The Balaban J connectivity index is 2.14. The predicted octanol–water partition coefficient (Wildman–Crippen LogP) is 0.00990. The molecule has 1 aromatic heterocycles. The molecule has 8 nitrogen and oxygen atoms in total. The van der Waals surface area contributed by atoms with E-state index >= 15 is 0 Å². The molecule has 0 saturated heterocycles. The monoisotopic (exact) mass is 355 g/mol. The molecule has 0 fully saturated rings. The quantitative estimate of drug-likeness (QED) is 0.354. The van der Waals surface area contributed by atoms with E-state index < -0.39 is 29.5 Å². The molecular weight excluding hydrogens is 338 g/mol. The zero-order valence-electron chi connectivity index (χ0n) is 14.2. The van der Waals surface area contributed by atoms with Gasteiger partial charge in [0, 0.05) is 5.92 Å². The van der Waals surface area contributed by atoms with Crippen molar-refractivity contribution in [3.63, 3.8) is 0 Å². The first-order valence-electron chi connectivity index (χ1n) is 7.93. The van der Waals surface area contributed by atoms with Gasteiger partial charge in [-0.3, -0.25) is 0 Å². The predicted molar refractivity (Wildman–Crippen MR) is 93.0 cm³/mol. The van der Waals surface area contributed by atoms with Crippen LogP contribution in [0.25, 0.3) is 5.69 Å². The Labute approximate surface area is 148 Å². The highest BCUT2D eigenvalue weighted by atomic mass is 16.5. The molecule has 0 amide bonds. The van der Waals surface area contributed by atoms with Gasteiger partial charge in [-0.15, -0.1) is 0 Å². The van der Waals surface area contributed by atoms with Gasteiger partial charge in [-0.2, -0.15) is 0 Å². The Bertz CT molecular complexity index is 1030. The van der Waals surface area contributed by atoms with Crippen LogP contribution in [0.15, 0.2) is 52.1 Å². The summed E-state index contributed by atoms with van der Waals surface area (Å²) in [7, 11) is 1.17. The van der Waals surface area contributed by atoms with Crippen molar-refractivity contribution in [3.05, 3.63) is 63.5 Å². The maximum Gasteiger partial charge on any atom is 0.384 e. The van der Waals surface area contributed by atoms with E-state index in [9.17, 15) is 19.5 Å². The van der Waals surface area contributed by atoms with E-state index in [1.165, 1.54) is 11.8 Å². The highest BCUT2D eigenvalue weighted by Gasteiger charge is 2.30. The van der Waals surface area contributed by atoms with Crippen molar-refractivity contribution in [3.8, 4) is 17.5 Å². The highest BCUT2D eigenvalue weighted by molar-refractivity contribution is 5.88. The summed E-state index contributed by atoms with van der Waals surface area (Å²) in [4.78, 5) is 36.9. The number of carbonyl (C=O) groups excluding carboxylic acids is 1. The zero-order valence-corrected chi connectivity index (χ0v) is 14.2. The molecule has 3 rings (SSSR count). The van der Waals surface area contributed by atoms with Crippen LogP contribution in [-0.4, -0.2) is 38.2 Å². The summed E-state index contributed by atoms with van der Waals surface area (Å²) in [6.07, 6.45) is 1.93. The van der Waals surface area contributed by atoms with Crippen molar-refractivity contribution >= 4 is 5.97 Å². The largest absolute Gasteiger partial charge is 0.459 e. The molecule has 1 aliphatic rings. The highest BCUT2D eigenvalue weighted by Crippen LogP contribution is 2.21. The molecule has 3 atom stereocenters. The van der Waals surface area contributed by atoms with Crippen LogP contribution in [0, 0.1) is 11.8 Å². The maximum atomic E-state index is 12.9. The molecule has 8 heteroatoms. The van der Waals surface area contributed by atoms with Crippen molar-refractivity contribution in [1.29, 1.82) is 0 Å². The third-order valence-electron chi connectivity index (χ3n) is 4.11. The molecule has 0 spiro atoms. The first kappa shape index (κ1) is 17.5. The van der Waals surface area contributed by atoms with Gasteiger partial charge in [-0.05, 0) is 19.1 Å². The third kappa shape index (κ3) is 2.89. The third-order valence-corrected chi connectivity index (χ3v) is 4.11. The number of carbonyl (C=O) groups is 1. The summed E-state index contributed by atoms with van der Waals surface area (Å²) in [5.74, 6) is 3.69. The molecule has 0 radical (unpaired) electrons. The average Bonchev–Trinajstić information content (AvgIpc) is 2.92. The van der Waals surface area contributed by atoms with Gasteiger partial charge in [-0.1, -0.05) is 36.3 Å². The second kappa shape index (κ2) is 6.90. The molecule has 134 valence electrons. The molecule has 1 unspecified atom stereocenters. The number of benzene rings is 1. The van der Waals surface area contributed by atoms with E-state index in [0.717, 1.165) is 9.25 Å². The minimum Gasteiger partial charge on any atom is -0.459 e. The van der Waals surface area contributed by atoms with E-state index in [-0.39, 0.29) is 6.04 Å². The fourth-order valence-corrected chi connectivity index (χ4v) is 2.86. The minimum absolute atomic E-state index is 0.378. The fraction of sp³-hybridized carbons (Fsp3) is 0.278. The van der Waals surface area contributed by atoms with Crippen molar-refractivity contribution in [2.45, 2.75) is 25.1 Å². The lowest BCUT2D eigenvalue weighted by Crippen LogP contribution is -2.38. The molecule has 1 aliphatic heterocycles. The van der Waals surface area contributed by atoms with Crippen LogP contribution >= 0.6 is 0 Å². The zero-order chi connectivity index (χ0) is 18.8. The number of hydrogen-bond acceptors (Lipinski definition) is 5. The van der Waals surface area contributed by atoms with Gasteiger partial charge >= 0.3 is 17.3 Å². The fourth-order valence-electron chi connectivity index (χ4n) is 2.86. The van der Waals surface area contributed by atoms with E-state index in [0.29, 0.717) is 5.69 Å². The molecule has 1 aromatic carbocycles. The molecule has 0 aliphatic carbocycles. The van der Waals surface area contributed by atoms with Crippen molar-refractivity contribution in [2.24, 2.45) is 0 Å². The number of rotatable bonds is 2. The Hall–Kier alpha value is -3.31. The van der Waals surface area contributed by atoms with Gasteiger partial charge in [0.25, 0.3) is 0 Å². The van der Waals surface area contributed by atoms with Crippen molar-refractivity contribution in [1.82, 2.24) is 13.9 Å². The first-order chi connectivity index (χ1) is 12.5. The number of aliphatic hydroxyl groups is 1. The summed E-state index contributed by atoms with van der Waals surface area (Å²) in [6.45, 7) is 1.76. The number of allylic oxidation sites excluding steroid dienone is 1. The first-order valence-corrected chi connectivity index (χ1v) is 7.93. The van der Waals surface area contributed by atoms with Gasteiger partial charge in [0.05, 0.1) is 18.8 Å². The normalized spacial score (nSPS) is 19.2. The van der Waals surface area contributed by atoms with E-state index in [1.54, 1.807) is 49.4 Å². The molecule has 0 bridgehead atoms. The van der Waals surface area contributed by atoms with Crippen LogP contribution in [-0.2, 0) is 9.53 Å². The van der Waals surface area contributed by atoms with Crippen LogP contribution in [0.5, 0.6) is 0 Å². The second-order valence-corrected chi connectivity index (χ2v) is 5.75. The van der Waals surface area contributed by atoms with E-state index in [2.05, 4.69) is 16.6 Å². The number of para-hydroxylation sites is 1. The van der Waals surface area contributed by atoms with Crippen molar-refractivity contribution < 1.29 is 14.6 Å². The number of hydrogen-bond donors (Lipinski definition) is 1. The number of ether oxygens (including phenoxy) is 1.